The van der Waals surface area contributed by atoms with Gasteiger partial charge in [-0.05, 0) is 12.0 Å². The van der Waals surface area contributed by atoms with E-state index in [4.69, 9.17) is 4.42 Å². The van der Waals surface area contributed by atoms with Gasteiger partial charge in [-0.3, -0.25) is 0 Å². The fourth-order valence-electron chi connectivity index (χ4n) is 1.10. The molecule has 0 saturated carbocycles. The molecule has 0 spiro atoms. The van der Waals surface area contributed by atoms with Gasteiger partial charge in [0.05, 0.1) is 23.7 Å². The van der Waals surface area contributed by atoms with E-state index >= 15 is 0 Å². The van der Waals surface area contributed by atoms with Crippen LogP contribution in [0.3, 0.4) is 0 Å². The monoisotopic (exact) mass is 189 g/mol. The first-order chi connectivity index (χ1) is 6.77. The molecule has 0 aliphatic heterocycles. The highest BCUT2D eigenvalue weighted by molar-refractivity contribution is 5.50. The van der Waals surface area contributed by atoms with Crippen molar-refractivity contribution < 1.29 is 4.42 Å². The smallest absolute Gasteiger partial charge is 0.227 e. The van der Waals surface area contributed by atoms with E-state index in [1.165, 1.54) is 0 Å². The second-order valence-corrected chi connectivity index (χ2v) is 3.36. The van der Waals surface area contributed by atoms with Crippen molar-refractivity contribution in [2.75, 3.05) is 0 Å². The summed E-state index contributed by atoms with van der Waals surface area (Å²) in [7, 11) is 0. The summed E-state index contributed by atoms with van der Waals surface area (Å²) in [5.74, 6) is 0.978. The normalized spacial score (nSPS) is 10.8. The highest BCUT2D eigenvalue weighted by atomic mass is 16.3. The molecule has 0 saturated heterocycles. The van der Waals surface area contributed by atoms with E-state index in [1.54, 1.807) is 18.7 Å². The zero-order valence-corrected chi connectivity index (χ0v) is 8.14. The Kier molecular flexibility index (Phi) is 2.26. The molecule has 4 heteroatoms. The zero-order valence-electron chi connectivity index (χ0n) is 8.14. The minimum absolute atomic E-state index is 0.377. The average Bonchev–Trinajstić information content (AvgIpc) is 2.68. The van der Waals surface area contributed by atoms with Gasteiger partial charge in [-0.2, -0.15) is 10.2 Å². The molecule has 2 aromatic rings. The molecular formula is C10H11N3O. The quantitative estimate of drug-likeness (QED) is 0.727. The van der Waals surface area contributed by atoms with E-state index in [-0.39, 0.29) is 0 Å². The van der Waals surface area contributed by atoms with E-state index in [1.807, 2.05) is 6.07 Å². The summed E-state index contributed by atoms with van der Waals surface area (Å²) >= 11 is 0. The lowest BCUT2D eigenvalue weighted by Crippen LogP contribution is -1.87. The number of nitrogens with zero attached hydrogens (tertiary/aromatic N) is 3. The van der Waals surface area contributed by atoms with Gasteiger partial charge < -0.3 is 4.42 Å². The van der Waals surface area contributed by atoms with Crippen LogP contribution in [-0.4, -0.2) is 15.2 Å². The first-order valence-corrected chi connectivity index (χ1v) is 4.50. The molecule has 72 valence electrons. The van der Waals surface area contributed by atoms with Gasteiger partial charge in [0, 0.05) is 0 Å². The van der Waals surface area contributed by atoms with Crippen molar-refractivity contribution in [2.45, 2.75) is 19.8 Å². The summed E-state index contributed by atoms with van der Waals surface area (Å²) in [5, 5.41) is 7.46. The van der Waals surface area contributed by atoms with Crippen LogP contribution >= 0.6 is 0 Å². The van der Waals surface area contributed by atoms with Gasteiger partial charge in [-0.1, -0.05) is 13.8 Å². The van der Waals surface area contributed by atoms with Crippen molar-refractivity contribution in [1.82, 2.24) is 15.2 Å². The fourth-order valence-corrected chi connectivity index (χ4v) is 1.10. The van der Waals surface area contributed by atoms with Gasteiger partial charge in [-0.15, -0.1) is 0 Å². The van der Waals surface area contributed by atoms with Crippen LogP contribution in [0.4, 0.5) is 0 Å². The number of rotatable bonds is 2. The first-order valence-electron chi connectivity index (χ1n) is 4.50. The van der Waals surface area contributed by atoms with E-state index in [2.05, 4.69) is 29.0 Å². The maximum absolute atomic E-state index is 5.33. The molecule has 0 fully saturated rings. The first kappa shape index (κ1) is 8.87. The molecule has 0 amide bonds. The molecule has 0 unspecified atom stereocenters. The molecule has 0 atom stereocenters. The highest BCUT2D eigenvalue weighted by Gasteiger charge is 2.08. The largest absolute Gasteiger partial charge is 0.444 e. The van der Waals surface area contributed by atoms with Crippen LogP contribution in [0.2, 0.25) is 0 Å². The minimum atomic E-state index is 0.377. The van der Waals surface area contributed by atoms with Gasteiger partial charge in [0.1, 0.15) is 6.26 Å². The molecule has 0 radical (unpaired) electrons. The van der Waals surface area contributed by atoms with E-state index in [9.17, 15) is 0 Å². The van der Waals surface area contributed by atoms with Crippen LogP contribution in [0, 0.1) is 0 Å². The van der Waals surface area contributed by atoms with Crippen LogP contribution in [0.25, 0.3) is 11.5 Å². The molecular weight excluding hydrogens is 178 g/mol. The summed E-state index contributed by atoms with van der Waals surface area (Å²) in [4.78, 5) is 4.35. The molecule has 2 heterocycles. The summed E-state index contributed by atoms with van der Waals surface area (Å²) in [6.07, 6.45) is 4.94. The average molecular weight is 189 g/mol. The fraction of sp³-hybridized carbons (Fsp3) is 0.300. The Bertz CT molecular complexity index is 408. The summed E-state index contributed by atoms with van der Waals surface area (Å²) < 4.78 is 5.33. The molecule has 2 aromatic heterocycles. The lowest BCUT2D eigenvalue weighted by molar-refractivity contribution is 0.570. The summed E-state index contributed by atoms with van der Waals surface area (Å²) in [6, 6.07) is 1.82. The van der Waals surface area contributed by atoms with Crippen LogP contribution in [0.15, 0.2) is 29.1 Å². The molecule has 0 bridgehead atoms. The maximum atomic E-state index is 5.33. The predicted octanol–water partition coefficient (Wildman–Crippen LogP) is 2.25. The molecule has 0 aliphatic rings. The third-order valence-corrected chi connectivity index (χ3v) is 1.94. The summed E-state index contributed by atoms with van der Waals surface area (Å²) in [6.45, 7) is 4.15. The van der Waals surface area contributed by atoms with Crippen LogP contribution < -0.4 is 0 Å². The van der Waals surface area contributed by atoms with Gasteiger partial charge in [0.25, 0.3) is 0 Å². The van der Waals surface area contributed by atoms with Gasteiger partial charge in [0.2, 0.25) is 5.89 Å². The molecule has 0 aliphatic carbocycles. The predicted molar refractivity (Wildman–Crippen MR) is 51.6 cm³/mol. The number of hydrogen-bond acceptors (Lipinski definition) is 4. The Morgan fingerprint density at radius 3 is 2.71 bits per heavy atom. The number of oxazole rings is 1. The van der Waals surface area contributed by atoms with Crippen LogP contribution in [-0.2, 0) is 0 Å². The summed E-state index contributed by atoms with van der Waals surface area (Å²) in [5.41, 5.74) is 1.81. The third-order valence-electron chi connectivity index (χ3n) is 1.94. The van der Waals surface area contributed by atoms with E-state index in [0.29, 0.717) is 11.8 Å². The van der Waals surface area contributed by atoms with Crippen molar-refractivity contribution in [3.05, 3.63) is 30.4 Å². The Labute approximate surface area is 82.0 Å². The van der Waals surface area contributed by atoms with Crippen molar-refractivity contribution >= 4 is 0 Å². The second kappa shape index (κ2) is 3.57. The molecule has 0 N–H and O–H groups in total. The lowest BCUT2D eigenvalue weighted by Gasteiger charge is -1.94. The SMILES string of the molecule is CC(C)c1coc(-c2ccnnc2)n1. The standard InChI is InChI=1S/C10H11N3O/c1-7(2)9-6-14-10(13-9)8-3-4-11-12-5-8/h3-7H,1-2H3. The van der Waals surface area contributed by atoms with Gasteiger partial charge in [0.15, 0.2) is 0 Å². The Balaban J connectivity index is 2.34. The Morgan fingerprint density at radius 1 is 1.29 bits per heavy atom. The number of hydrogen-bond donors (Lipinski definition) is 0. The Hall–Kier alpha value is -1.71. The Morgan fingerprint density at radius 2 is 2.14 bits per heavy atom. The van der Waals surface area contributed by atoms with Crippen molar-refractivity contribution in [3.8, 4) is 11.5 Å². The molecule has 4 nitrogen and oxygen atoms in total. The minimum Gasteiger partial charge on any atom is -0.444 e. The molecule has 0 aromatic carbocycles. The van der Waals surface area contributed by atoms with E-state index < -0.39 is 0 Å². The van der Waals surface area contributed by atoms with Crippen molar-refractivity contribution in [3.63, 3.8) is 0 Å². The highest BCUT2D eigenvalue weighted by Crippen LogP contribution is 2.20. The lowest BCUT2D eigenvalue weighted by atomic mass is 10.2. The van der Waals surface area contributed by atoms with Crippen molar-refractivity contribution in [1.29, 1.82) is 0 Å². The topological polar surface area (TPSA) is 51.8 Å². The van der Waals surface area contributed by atoms with Crippen LogP contribution in [0.5, 0.6) is 0 Å². The van der Waals surface area contributed by atoms with Crippen LogP contribution in [0.1, 0.15) is 25.5 Å². The number of aromatic nitrogens is 3. The zero-order chi connectivity index (χ0) is 9.97. The second-order valence-electron chi connectivity index (χ2n) is 3.36. The third kappa shape index (κ3) is 1.64. The van der Waals surface area contributed by atoms with Crippen molar-refractivity contribution in [2.24, 2.45) is 0 Å². The van der Waals surface area contributed by atoms with E-state index in [0.717, 1.165) is 11.3 Å². The van der Waals surface area contributed by atoms with Gasteiger partial charge in [-0.25, -0.2) is 4.98 Å². The van der Waals surface area contributed by atoms with Gasteiger partial charge >= 0.3 is 0 Å². The molecule has 2 rings (SSSR count). The molecule has 14 heavy (non-hydrogen) atoms. The maximum Gasteiger partial charge on any atom is 0.227 e.